The minimum Gasteiger partial charge on any atom is -0.482 e. The number of esters is 1. The molecule has 0 atom stereocenters. The number of aryl methyl sites for hydroxylation is 2. The molecule has 1 aromatic carbocycles. The number of amides is 1. The van der Waals surface area contributed by atoms with Crippen molar-refractivity contribution in [2.24, 2.45) is 0 Å². The molecule has 1 heterocycles. The predicted octanol–water partition coefficient (Wildman–Crippen LogP) is 1.85. The van der Waals surface area contributed by atoms with Gasteiger partial charge in [0.05, 0.1) is 0 Å². The molecular weight excluding hydrogens is 288 g/mol. The van der Waals surface area contributed by atoms with Gasteiger partial charge in [-0.1, -0.05) is 17.3 Å². The lowest BCUT2D eigenvalue weighted by molar-refractivity contribution is -0.149. The first kappa shape index (κ1) is 15.6. The summed E-state index contributed by atoms with van der Waals surface area (Å²) >= 11 is 0. The molecule has 0 spiro atoms. The Morgan fingerprint density at radius 2 is 2.05 bits per heavy atom. The van der Waals surface area contributed by atoms with Crippen LogP contribution in [-0.4, -0.2) is 30.2 Å². The third-order valence-electron chi connectivity index (χ3n) is 2.61. The van der Waals surface area contributed by atoms with Gasteiger partial charge in [-0.2, -0.15) is 0 Å². The number of carbonyl (C=O) groups excluding carboxylic acids is 2. The van der Waals surface area contributed by atoms with Crippen LogP contribution in [-0.2, 0) is 14.3 Å². The standard InChI is InChI=1S/C15H16N2O5/c1-10-4-3-5-12(6-10)20-9-15(19)21-8-14(18)16-13-7-11(2)22-17-13/h3-7H,8-9H2,1-2H3,(H,16,17,18). The number of anilines is 1. The van der Waals surface area contributed by atoms with Crippen LogP contribution in [0.25, 0.3) is 0 Å². The van der Waals surface area contributed by atoms with Crippen LogP contribution in [0.3, 0.4) is 0 Å². The summed E-state index contributed by atoms with van der Waals surface area (Å²) in [5, 5.41) is 6.03. The highest BCUT2D eigenvalue weighted by molar-refractivity contribution is 5.91. The van der Waals surface area contributed by atoms with Gasteiger partial charge < -0.3 is 19.3 Å². The van der Waals surface area contributed by atoms with Crippen molar-refractivity contribution in [3.63, 3.8) is 0 Å². The number of hydrogen-bond donors (Lipinski definition) is 1. The lowest BCUT2D eigenvalue weighted by Gasteiger charge is -2.07. The Balaban J connectivity index is 1.70. The van der Waals surface area contributed by atoms with E-state index in [1.54, 1.807) is 25.1 Å². The average molecular weight is 304 g/mol. The fourth-order valence-corrected chi connectivity index (χ4v) is 1.64. The number of aromatic nitrogens is 1. The Morgan fingerprint density at radius 1 is 1.23 bits per heavy atom. The lowest BCUT2D eigenvalue weighted by Crippen LogP contribution is -2.23. The average Bonchev–Trinajstić information content (AvgIpc) is 2.88. The van der Waals surface area contributed by atoms with Gasteiger partial charge in [-0.05, 0) is 31.5 Å². The first-order valence-electron chi connectivity index (χ1n) is 6.61. The van der Waals surface area contributed by atoms with E-state index in [2.05, 4.69) is 10.5 Å². The summed E-state index contributed by atoms with van der Waals surface area (Å²) in [4.78, 5) is 23.0. The molecule has 22 heavy (non-hydrogen) atoms. The molecule has 0 aliphatic carbocycles. The second-order valence-corrected chi connectivity index (χ2v) is 4.64. The largest absolute Gasteiger partial charge is 0.482 e. The zero-order valence-corrected chi connectivity index (χ0v) is 12.3. The highest BCUT2D eigenvalue weighted by Gasteiger charge is 2.10. The third kappa shape index (κ3) is 4.93. The second-order valence-electron chi connectivity index (χ2n) is 4.64. The fraction of sp³-hybridized carbons (Fsp3) is 0.267. The summed E-state index contributed by atoms with van der Waals surface area (Å²) in [7, 11) is 0. The predicted molar refractivity (Wildman–Crippen MR) is 77.5 cm³/mol. The molecule has 0 saturated heterocycles. The van der Waals surface area contributed by atoms with Crippen molar-refractivity contribution in [2.45, 2.75) is 13.8 Å². The van der Waals surface area contributed by atoms with Gasteiger partial charge in [-0.15, -0.1) is 0 Å². The minimum atomic E-state index is -0.631. The molecule has 7 nitrogen and oxygen atoms in total. The van der Waals surface area contributed by atoms with Gasteiger partial charge in [0, 0.05) is 6.07 Å². The molecule has 0 radical (unpaired) electrons. The van der Waals surface area contributed by atoms with Crippen LogP contribution < -0.4 is 10.1 Å². The van der Waals surface area contributed by atoms with Crippen LogP contribution >= 0.6 is 0 Å². The Kier molecular flexibility index (Phi) is 5.13. The van der Waals surface area contributed by atoms with Crippen molar-refractivity contribution >= 4 is 17.7 Å². The van der Waals surface area contributed by atoms with Crippen LogP contribution in [0.1, 0.15) is 11.3 Å². The van der Waals surface area contributed by atoms with Crippen molar-refractivity contribution in [3.05, 3.63) is 41.7 Å². The number of carbonyl (C=O) groups is 2. The van der Waals surface area contributed by atoms with E-state index in [9.17, 15) is 9.59 Å². The van der Waals surface area contributed by atoms with Crippen molar-refractivity contribution in [3.8, 4) is 5.75 Å². The highest BCUT2D eigenvalue weighted by Crippen LogP contribution is 2.12. The van der Waals surface area contributed by atoms with Gasteiger partial charge in [-0.25, -0.2) is 4.79 Å². The molecule has 2 aromatic rings. The first-order chi connectivity index (χ1) is 10.5. The molecule has 116 valence electrons. The molecule has 1 amide bonds. The normalized spacial score (nSPS) is 10.1. The van der Waals surface area contributed by atoms with Gasteiger partial charge in [-0.3, -0.25) is 4.79 Å². The molecule has 0 unspecified atom stereocenters. The van der Waals surface area contributed by atoms with Crippen molar-refractivity contribution in [2.75, 3.05) is 18.5 Å². The summed E-state index contributed by atoms with van der Waals surface area (Å²) in [5.41, 5.74) is 1.02. The molecule has 0 fully saturated rings. The molecule has 0 aliphatic rings. The topological polar surface area (TPSA) is 90.7 Å². The minimum absolute atomic E-state index is 0.264. The lowest BCUT2D eigenvalue weighted by atomic mass is 10.2. The zero-order valence-electron chi connectivity index (χ0n) is 12.3. The smallest absolute Gasteiger partial charge is 0.344 e. The first-order valence-corrected chi connectivity index (χ1v) is 6.61. The highest BCUT2D eigenvalue weighted by atomic mass is 16.6. The van der Waals surface area contributed by atoms with Crippen LogP contribution in [0.5, 0.6) is 5.75 Å². The summed E-state index contributed by atoms with van der Waals surface area (Å²) in [6, 6.07) is 8.83. The summed E-state index contributed by atoms with van der Waals surface area (Å²) in [6.45, 7) is 2.94. The summed E-state index contributed by atoms with van der Waals surface area (Å²) in [6.07, 6.45) is 0. The quantitative estimate of drug-likeness (QED) is 0.819. The van der Waals surface area contributed by atoms with Gasteiger partial charge >= 0.3 is 5.97 Å². The van der Waals surface area contributed by atoms with Crippen molar-refractivity contribution < 1.29 is 23.6 Å². The molecule has 1 N–H and O–H groups in total. The summed E-state index contributed by atoms with van der Waals surface area (Å²) < 4.78 is 14.9. The van der Waals surface area contributed by atoms with Crippen molar-refractivity contribution in [1.82, 2.24) is 5.16 Å². The Labute approximate surface area is 127 Å². The Bertz CT molecular complexity index is 665. The molecular formula is C15H16N2O5. The van der Waals surface area contributed by atoms with Gasteiger partial charge in [0.1, 0.15) is 11.5 Å². The van der Waals surface area contributed by atoms with Crippen LogP contribution in [0.4, 0.5) is 5.82 Å². The zero-order chi connectivity index (χ0) is 15.9. The van der Waals surface area contributed by atoms with E-state index in [0.29, 0.717) is 11.5 Å². The molecule has 1 aromatic heterocycles. The van der Waals surface area contributed by atoms with E-state index in [4.69, 9.17) is 14.0 Å². The van der Waals surface area contributed by atoms with Gasteiger partial charge in [0.15, 0.2) is 19.0 Å². The maximum atomic E-state index is 11.5. The van der Waals surface area contributed by atoms with E-state index in [-0.39, 0.29) is 12.4 Å². The van der Waals surface area contributed by atoms with E-state index in [0.717, 1.165) is 5.56 Å². The third-order valence-corrected chi connectivity index (χ3v) is 2.61. The number of benzene rings is 1. The van der Waals surface area contributed by atoms with Gasteiger partial charge in [0.2, 0.25) is 0 Å². The van der Waals surface area contributed by atoms with E-state index in [1.807, 2.05) is 19.1 Å². The molecule has 7 heteroatoms. The maximum Gasteiger partial charge on any atom is 0.344 e. The second kappa shape index (κ2) is 7.26. The Morgan fingerprint density at radius 3 is 2.73 bits per heavy atom. The van der Waals surface area contributed by atoms with Crippen LogP contribution in [0, 0.1) is 13.8 Å². The van der Waals surface area contributed by atoms with E-state index < -0.39 is 18.5 Å². The molecule has 0 saturated carbocycles. The van der Waals surface area contributed by atoms with Crippen LogP contribution in [0.15, 0.2) is 34.9 Å². The number of hydrogen-bond acceptors (Lipinski definition) is 6. The number of nitrogens with one attached hydrogen (secondary N) is 1. The molecule has 2 rings (SSSR count). The number of nitrogens with zero attached hydrogens (tertiary/aromatic N) is 1. The summed E-state index contributed by atoms with van der Waals surface area (Å²) in [5.74, 6) is 0.276. The maximum absolute atomic E-state index is 11.5. The molecule has 0 bridgehead atoms. The Hall–Kier alpha value is -2.83. The van der Waals surface area contributed by atoms with Gasteiger partial charge in [0.25, 0.3) is 5.91 Å². The monoisotopic (exact) mass is 304 g/mol. The van der Waals surface area contributed by atoms with Crippen molar-refractivity contribution in [1.29, 1.82) is 0 Å². The SMILES string of the molecule is Cc1cccc(OCC(=O)OCC(=O)Nc2cc(C)on2)c1. The van der Waals surface area contributed by atoms with E-state index in [1.165, 1.54) is 0 Å². The van der Waals surface area contributed by atoms with E-state index >= 15 is 0 Å². The number of ether oxygens (including phenoxy) is 2. The fourth-order valence-electron chi connectivity index (χ4n) is 1.64. The molecule has 0 aliphatic heterocycles. The number of rotatable bonds is 6. The van der Waals surface area contributed by atoms with Crippen LogP contribution in [0.2, 0.25) is 0 Å².